The van der Waals surface area contributed by atoms with Crippen molar-refractivity contribution in [1.82, 2.24) is 4.90 Å². The molecule has 0 N–H and O–H groups in total. The summed E-state index contributed by atoms with van der Waals surface area (Å²) >= 11 is 0. The molecular formula is C40H67NO9. The van der Waals surface area contributed by atoms with Crippen LogP contribution in [-0.4, -0.2) is 81.6 Å². The molecule has 4 rings (SSSR count). The Labute approximate surface area is 301 Å². The summed E-state index contributed by atoms with van der Waals surface area (Å²) in [5.74, 6) is 0.941. The molecule has 0 radical (unpaired) electrons. The Bertz CT molecular complexity index is 1000. The van der Waals surface area contributed by atoms with Gasteiger partial charge in [-0.05, 0) is 113 Å². The molecule has 4 saturated carbocycles. The predicted octanol–water partition coefficient (Wildman–Crippen LogP) is 8.20. The van der Waals surface area contributed by atoms with Crippen molar-refractivity contribution in [3.8, 4) is 0 Å². The largest absolute Gasteiger partial charge is 0.508 e. The molecule has 50 heavy (non-hydrogen) atoms. The van der Waals surface area contributed by atoms with Crippen LogP contribution in [0.4, 0.5) is 4.79 Å². The zero-order chi connectivity index (χ0) is 36.0. The molecule has 1 atom stereocenters. The molecule has 0 aliphatic heterocycles. The maximum atomic E-state index is 13.1. The number of hydrogen-bond donors (Lipinski definition) is 0. The van der Waals surface area contributed by atoms with Gasteiger partial charge in [-0.25, -0.2) is 4.79 Å². The molecule has 4 fully saturated rings. The second-order valence-electron chi connectivity index (χ2n) is 15.2. The molecule has 0 spiro atoms. The van der Waals surface area contributed by atoms with Crippen LogP contribution < -0.4 is 0 Å². The van der Waals surface area contributed by atoms with Crippen molar-refractivity contribution < 1.29 is 42.9 Å². The van der Waals surface area contributed by atoms with Crippen LogP contribution in [0.3, 0.4) is 0 Å². The number of carbonyl (C=O) groups is 4. The SMILES string of the molecule is CCCCC/C=C\CCOC(=O)CCCCCC(=O)OCC(COC(=O)CC12CC3CC(CC(C3)C1)C2)COC(=O)OCCCN(CC)CC. The Morgan fingerprint density at radius 3 is 1.84 bits per heavy atom. The summed E-state index contributed by atoms with van der Waals surface area (Å²) in [6.07, 6.45) is 19.8. The van der Waals surface area contributed by atoms with Gasteiger partial charge in [0.25, 0.3) is 0 Å². The Balaban J connectivity index is 1.33. The van der Waals surface area contributed by atoms with E-state index in [2.05, 4.69) is 37.8 Å². The van der Waals surface area contributed by atoms with E-state index >= 15 is 0 Å². The molecule has 0 aromatic carbocycles. The highest BCUT2D eigenvalue weighted by atomic mass is 16.7. The first-order valence-corrected chi connectivity index (χ1v) is 19.9. The molecule has 4 aliphatic rings. The van der Waals surface area contributed by atoms with E-state index in [-0.39, 0.29) is 56.2 Å². The average Bonchev–Trinajstić information content (AvgIpc) is 3.08. The maximum absolute atomic E-state index is 13.1. The van der Waals surface area contributed by atoms with Gasteiger partial charge in [-0.1, -0.05) is 52.2 Å². The summed E-state index contributed by atoms with van der Waals surface area (Å²) in [4.78, 5) is 52.1. The van der Waals surface area contributed by atoms with Gasteiger partial charge in [-0.15, -0.1) is 0 Å². The van der Waals surface area contributed by atoms with Crippen LogP contribution >= 0.6 is 0 Å². The number of ether oxygens (including phenoxy) is 5. The molecule has 286 valence electrons. The Kier molecular flexibility index (Phi) is 19.9. The highest BCUT2D eigenvalue weighted by molar-refractivity contribution is 5.71. The van der Waals surface area contributed by atoms with Crippen molar-refractivity contribution in [3.63, 3.8) is 0 Å². The maximum Gasteiger partial charge on any atom is 0.508 e. The molecule has 0 amide bonds. The molecule has 10 heteroatoms. The minimum absolute atomic E-state index is 0.00444. The Hall–Kier alpha value is -2.62. The zero-order valence-electron chi connectivity index (χ0n) is 31.5. The molecule has 0 aromatic heterocycles. The number of unbranched alkanes of at least 4 members (excludes halogenated alkanes) is 5. The summed E-state index contributed by atoms with van der Waals surface area (Å²) < 4.78 is 27.2. The van der Waals surface area contributed by atoms with Gasteiger partial charge in [0.05, 0.1) is 25.6 Å². The van der Waals surface area contributed by atoms with E-state index in [9.17, 15) is 19.2 Å². The van der Waals surface area contributed by atoms with Gasteiger partial charge in [0.1, 0.15) is 19.8 Å². The number of esters is 3. The lowest BCUT2D eigenvalue weighted by molar-refractivity contribution is -0.155. The van der Waals surface area contributed by atoms with Gasteiger partial charge in [0.2, 0.25) is 0 Å². The highest BCUT2D eigenvalue weighted by Gasteiger charge is 2.51. The van der Waals surface area contributed by atoms with Gasteiger partial charge in [0.15, 0.2) is 0 Å². The number of rotatable bonds is 27. The normalized spacial score (nSPS) is 22.8. The molecule has 0 aromatic rings. The van der Waals surface area contributed by atoms with Crippen LogP contribution in [0.15, 0.2) is 12.2 Å². The minimum atomic E-state index is -0.779. The van der Waals surface area contributed by atoms with Gasteiger partial charge in [-0.2, -0.15) is 0 Å². The molecule has 4 aliphatic carbocycles. The van der Waals surface area contributed by atoms with Crippen LogP contribution in [0.1, 0.15) is 136 Å². The summed E-state index contributed by atoms with van der Waals surface area (Å²) in [5.41, 5.74) is 0.0703. The lowest BCUT2D eigenvalue weighted by Gasteiger charge is -2.56. The van der Waals surface area contributed by atoms with E-state index in [4.69, 9.17) is 23.7 Å². The second-order valence-corrected chi connectivity index (χ2v) is 15.2. The van der Waals surface area contributed by atoms with Crippen molar-refractivity contribution in [2.24, 2.45) is 29.1 Å². The first-order valence-electron chi connectivity index (χ1n) is 19.9. The second kappa shape index (κ2) is 23.8. The third-order valence-electron chi connectivity index (χ3n) is 10.8. The van der Waals surface area contributed by atoms with E-state index in [0.29, 0.717) is 45.1 Å². The van der Waals surface area contributed by atoms with Crippen molar-refractivity contribution in [3.05, 3.63) is 12.2 Å². The van der Waals surface area contributed by atoms with Gasteiger partial charge in [-0.3, -0.25) is 14.4 Å². The topological polar surface area (TPSA) is 118 Å². The average molecular weight is 706 g/mol. The summed E-state index contributed by atoms with van der Waals surface area (Å²) in [6.45, 7) is 9.63. The lowest BCUT2D eigenvalue weighted by atomic mass is 9.49. The van der Waals surface area contributed by atoms with Gasteiger partial charge >= 0.3 is 24.1 Å². The van der Waals surface area contributed by atoms with Crippen LogP contribution in [0, 0.1) is 29.1 Å². The number of nitrogens with zero attached hydrogens (tertiary/aromatic N) is 1. The van der Waals surface area contributed by atoms with Crippen LogP contribution in [0.5, 0.6) is 0 Å². The van der Waals surface area contributed by atoms with Gasteiger partial charge in [0, 0.05) is 19.4 Å². The third-order valence-corrected chi connectivity index (χ3v) is 10.8. The smallest absolute Gasteiger partial charge is 0.465 e. The van der Waals surface area contributed by atoms with E-state index in [0.717, 1.165) is 69.5 Å². The van der Waals surface area contributed by atoms with Gasteiger partial charge < -0.3 is 28.6 Å². The number of hydrogen-bond acceptors (Lipinski definition) is 10. The lowest BCUT2D eigenvalue weighted by Crippen LogP contribution is -2.47. The van der Waals surface area contributed by atoms with Crippen molar-refractivity contribution in [2.75, 3.05) is 52.7 Å². The van der Waals surface area contributed by atoms with Crippen molar-refractivity contribution >= 4 is 24.1 Å². The van der Waals surface area contributed by atoms with Crippen molar-refractivity contribution in [2.45, 2.75) is 136 Å². The standard InChI is InChI=1S/C40H67NO9/c1-4-7-8-9-10-11-15-20-46-36(42)17-13-12-14-18-37(43)48-29-35(31-50-39(45)47-21-16-19-41(5-2)6-3)30-49-38(44)28-40-25-32-22-33(26-40)24-34(23-32)27-40/h10-11,32-35H,4-9,12-31H2,1-3H3/b11-10-. The summed E-state index contributed by atoms with van der Waals surface area (Å²) in [7, 11) is 0. The van der Waals surface area contributed by atoms with Crippen LogP contribution in [0.2, 0.25) is 0 Å². The van der Waals surface area contributed by atoms with Crippen LogP contribution in [-0.2, 0) is 38.1 Å². The number of allylic oxidation sites excluding steroid dienone is 1. The van der Waals surface area contributed by atoms with E-state index in [1.54, 1.807) is 0 Å². The van der Waals surface area contributed by atoms with E-state index < -0.39 is 12.1 Å². The summed E-state index contributed by atoms with van der Waals surface area (Å²) in [5, 5.41) is 0. The van der Waals surface area contributed by atoms with Crippen LogP contribution in [0.25, 0.3) is 0 Å². The predicted molar refractivity (Wildman–Crippen MR) is 192 cm³/mol. The molecule has 0 saturated heterocycles. The molecule has 4 bridgehead atoms. The summed E-state index contributed by atoms with van der Waals surface area (Å²) in [6, 6.07) is 0. The zero-order valence-corrected chi connectivity index (χ0v) is 31.5. The molecule has 1 unspecified atom stereocenters. The number of carbonyl (C=O) groups excluding carboxylic acids is 4. The third kappa shape index (κ3) is 16.6. The Morgan fingerprint density at radius 2 is 1.22 bits per heavy atom. The van der Waals surface area contributed by atoms with Crippen molar-refractivity contribution in [1.29, 1.82) is 0 Å². The quantitative estimate of drug-likeness (QED) is 0.0358. The van der Waals surface area contributed by atoms with E-state index in [1.165, 1.54) is 38.5 Å². The first kappa shape index (κ1) is 41.8. The molecule has 10 nitrogen and oxygen atoms in total. The fourth-order valence-corrected chi connectivity index (χ4v) is 8.49. The molecule has 0 heterocycles. The first-order chi connectivity index (χ1) is 24.2. The fourth-order valence-electron chi connectivity index (χ4n) is 8.49. The van der Waals surface area contributed by atoms with E-state index in [1.807, 2.05) is 0 Å². The molecular weight excluding hydrogens is 638 g/mol. The minimum Gasteiger partial charge on any atom is -0.465 e. The highest BCUT2D eigenvalue weighted by Crippen LogP contribution is 2.61. The Morgan fingerprint density at radius 1 is 0.640 bits per heavy atom. The monoisotopic (exact) mass is 705 g/mol. The fraction of sp³-hybridized carbons (Fsp3) is 0.850.